The largest absolute Gasteiger partial charge is 0.349 e. The third kappa shape index (κ3) is 5.84. The van der Waals surface area contributed by atoms with E-state index in [0.717, 1.165) is 30.3 Å². The van der Waals surface area contributed by atoms with E-state index in [2.05, 4.69) is 20.5 Å². The summed E-state index contributed by atoms with van der Waals surface area (Å²) in [6.45, 7) is 1.84. The summed E-state index contributed by atoms with van der Waals surface area (Å²) in [4.78, 5) is 25.7. The lowest BCUT2D eigenvalue weighted by Crippen LogP contribution is -2.54. The number of hydrogen-bond donors (Lipinski definition) is 3. The van der Waals surface area contributed by atoms with Gasteiger partial charge in [0.25, 0.3) is 0 Å². The molecule has 1 saturated heterocycles. The van der Waals surface area contributed by atoms with E-state index in [9.17, 15) is 22.8 Å². The van der Waals surface area contributed by atoms with Crippen LogP contribution in [-0.4, -0.2) is 45.0 Å². The molecule has 0 saturated carbocycles. The topological polar surface area (TPSA) is 91.3 Å². The van der Waals surface area contributed by atoms with Crippen LogP contribution in [0.15, 0.2) is 42.6 Å². The van der Waals surface area contributed by atoms with Crippen molar-refractivity contribution in [2.75, 3.05) is 12.4 Å². The lowest BCUT2D eigenvalue weighted by atomic mass is 10.1. The number of nitrogens with one attached hydrogen (secondary N) is 3. The summed E-state index contributed by atoms with van der Waals surface area (Å²) >= 11 is 6.90. The van der Waals surface area contributed by atoms with Crippen molar-refractivity contribution in [3.8, 4) is 5.69 Å². The maximum absolute atomic E-state index is 14.1. The second kappa shape index (κ2) is 10.9. The van der Waals surface area contributed by atoms with Gasteiger partial charge in [-0.15, -0.1) is 0 Å². The Kier molecular flexibility index (Phi) is 7.88. The normalized spacial score (nSPS) is 18.2. The Morgan fingerprint density at radius 2 is 1.94 bits per heavy atom. The minimum absolute atomic E-state index is 0.0735. The predicted octanol–water partition coefficient (Wildman–Crippen LogP) is 3.73. The number of hydrogen-bond acceptors (Lipinski definition) is 6. The molecule has 0 radical (unpaired) electrons. The first-order chi connectivity index (χ1) is 17.1. The maximum Gasteiger partial charge on any atom is 0.242 e. The van der Waals surface area contributed by atoms with Crippen LogP contribution in [0.3, 0.4) is 0 Å². The van der Waals surface area contributed by atoms with E-state index in [4.69, 9.17) is 11.6 Å². The lowest BCUT2D eigenvalue weighted by Gasteiger charge is -2.34. The highest BCUT2D eigenvalue weighted by Crippen LogP contribution is 2.24. The van der Waals surface area contributed by atoms with E-state index in [1.165, 1.54) is 22.9 Å². The molecule has 2 amide bonds. The molecule has 3 aromatic rings. The molecule has 2 aromatic carbocycles. The third-order valence-electron chi connectivity index (χ3n) is 5.63. The molecule has 8 nitrogen and oxygen atoms in total. The van der Waals surface area contributed by atoms with Crippen LogP contribution in [0, 0.1) is 24.4 Å². The summed E-state index contributed by atoms with van der Waals surface area (Å²) in [6, 6.07) is 5.72. The molecule has 1 fully saturated rings. The molecule has 2 atom stereocenters. The highest BCUT2D eigenvalue weighted by Gasteiger charge is 2.35. The number of rotatable bonds is 6. The number of benzene rings is 2. The van der Waals surface area contributed by atoms with Crippen molar-refractivity contribution in [3.63, 3.8) is 0 Å². The van der Waals surface area contributed by atoms with Crippen molar-refractivity contribution < 1.29 is 22.8 Å². The van der Waals surface area contributed by atoms with Crippen LogP contribution in [0.25, 0.3) is 5.69 Å². The van der Waals surface area contributed by atoms with Gasteiger partial charge in [0, 0.05) is 30.1 Å². The molecular weight excluding hydrogens is 517 g/mol. The van der Waals surface area contributed by atoms with Gasteiger partial charge < -0.3 is 10.6 Å². The van der Waals surface area contributed by atoms with Crippen molar-refractivity contribution in [1.29, 1.82) is 0 Å². The van der Waals surface area contributed by atoms with Gasteiger partial charge in [-0.2, -0.15) is 5.10 Å². The van der Waals surface area contributed by atoms with Crippen LogP contribution in [0.4, 0.5) is 18.9 Å². The van der Waals surface area contributed by atoms with E-state index in [-0.39, 0.29) is 35.5 Å². The number of nitrogens with zero attached hydrogens (tertiary/aromatic N) is 3. The van der Waals surface area contributed by atoms with E-state index in [1.54, 1.807) is 24.5 Å². The number of carbonyl (C=O) groups is 2. The van der Waals surface area contributed by atoms with E-state index < -0.39 is 29.5 Å². The first-order valence-electron chi connectivity index (χ1n) is 10.8. The van der Waals surface area contributed by atoms with Gasteiger partial charge >= 0.3 is 0 Å². The summed E-state index contributed by atoms with van der Waals surface area (Å²) in [5.41, 5.74) is 1.64. The van der Waals surface area contributed by atoms with Crippen LogP contribution in [0.5, 0.6) is 0 Å². The highest BCUT2D eigenvalue weighted by molar-refractivity contribution is 7.95. The number of aryl methyl sites for hydroxylation is 1. The fourth-order valence-corrected chi connectivity index (χ4v) is 4.60. The van der Waals surface area contributed by atoms with Gasteiger partial charge in [-0.3, -0.25) is 9.59 Å². The van der Waals surface area contributed by atoms with Crippen LogP contribution in [0.2, 0.25) is 5.02 Å². The molecule has 190 valence electrons. The smallest absolute Gasteiger partial charge is 0.242 e. The van der Waals surface area contributed by atoms with Gasteiger partial charge in [-0.25, -0.2) is 26.9 Å². The first kappa shape index (κ1) is 26.0. The number of carbonyl (C=O) groups excluding carboxylic acids is 2. The van der Waals surface area contributed by atoms with Gasteiger partial charge in [-0.1, -0.05) is 11.6 Å². The summed E-state index contributed by atoms with van der Waals surface area (Å²) in [6.07, 6.45) is 1.76. The molecular formula is C23H22ClF3N6O2S. The number of aromatic nitrogens is 2. The van der Waals surface area contributed by atoms with Crippen molar-refractivity contribution in [1.82, 2.24) is 24.1 Å². The molecule has 1 aromatic heterocycles. The maximum atomic E-state index is 14.1. The van der Waals surface area contributed by atoms with Gasteiger partial charge in [0.2, 0.25) is 11.8 Å². The second-order valence-corrected chi connectivity index (χ2v) is 9.60. The Labute approximate surface area is 214 Å². The van der Waals surface area contributed by atoms with Gasteiger partial charge in [0.1, 0.15) is 23.4 Å². The SMILES string of the molecule is Cc1cn(-c2ccc(F)cc2F)nc1CNC(=O)C1CC(C(=O)Nc2ccc(F)c(Cl)c2)N(C)SN1. The van der Waals surface area contributed by atoms with Crippen LogP contribution < -0.4 is 15.4 Å². The summed E-state index contributed by atoms with van der Waals surface area (Å²) < 4.78 is 46.7. The number of amides is 2. The van der Waals surface area contributed by atoms with Gasteiger partial charge in [0.05, 0.1) is 23.3 Å². The Morgan fingerprint density at radius 3 is 2.67 bits per heavy atom. The Hall–Kier alpha value is -3.06. The van der Waals surface area contributed by atoms with Crippen molar-refractivity contribution in [2.45, 2.75) is 32.0 Å². The quantitative estimate of drug-likeness (QED) is 0.414. The number of anilines is 1. The first-order valence-corrected chi connectivity index (χ1v) is 12.0. The number of halogens is 4. The fraction of sp³-hybridized carbons (Fsp3) is 0.261. The van der Waals surface area contributed by atoms with Crippen molar-refractivity contribution in [3.05, 3.63) is 76.3 Å². The third-order valence-corrected chi connectivity index (χ3v) is 6.85. The zero-order valence-electron chi connectivity index (χ0n) is 19.2. The minimum atomic E-state index is -0.757. The Morgan fingerprint density at radius 1 is 1.17 bits per heavy atom. The van der Waals surface area contributed by atoms with Crippen LogP contribution >= 0.6 is 23.7 Å². The average molecular weight is 539 g/mol. The summed E-state index contributed by atoms with van der Waals surface area (Å²) in [7, 11) is 1.71. The fourth-order valence-electron chi connectivity index (χ4n) is 3.62. The standard InChI is InChI=1S/C23H22ClF3N6O2S/c1-12-11-33(20-6-3-13(25)7-17(20)27)30-19(12)10-28-22(34)18-9-21(32(2)36-31-18)23(35)29-14-4-5-16(26)15(24)8-14/h3-8,11,18,21,31H,9-10H2,1-2H3,(H,28,34)(H,29,35). The van der Waals surface area contributed by atoms with Crippen LogP contribution in [-0.2, 0) is 16.1 Å². The summed E-state index contributed by atoms with van der Waals surface area (Å²) in [5.74, 6) is -2.76. The second-order valence-electron chi connectivity index (χ2n) is 8.19. The Balaban J connectivity index is 1.37. The zero-order chi connectivity index (χ0) is 26.0. The molecule has 1 aliphatic rings. The molecule has 0 bridgehead atoms. The molecule has 3 N–H and O–H groups in total. The predicted molar refractivity (Wildman–Crippen MR) is 131 cm³/mol. The van der Waals surface area contributed by atoms with Crippen LogP contribution in [0.1, 0.15) is 17.7 Å². The van der Waals surface area contributed by atoms with E-state index in [0.29, 0.717) is 16.9 Å². The zero-order valence-corrected chi connectivity index (χ0v) is 20.8. The number of likely N-dealkylation sites (N-methyl/N-ethyl adjacent to an activating group) is 1. The molecule has 1 aliphatic heterocycles. The molecule has 2 unspecified atom stereocenters. The molecule has 36 heavy (non-hydrogen) atoms. The molecule has 2 heterocycles. The van der Waals surface area contributed by atoms with E-state index in [1.807, 2.05) is 0 Å². The van der Waals surface area contributed by atoms with Gasteiger partial charge in [0.15, 0.2) is 5.82 Å². The summed E-state index contributed by atoms with van der Waals surface area (Å²) in [5, 5.41) is 9.67. The van der Waals surface area contributed by atoms with E-state index >= 15 is 0 Å². The van der Waals surface area contributed by atoms with Crippen molar-refractivity contribution >= 4 is 41.2 Å². The van der Waals surface area contributed by atoms with Gasteiger partial charge in [-0.05, 0) is 56.3 Å². The Bertz CT molecular complexity index is 1310. The highest BCUT2D eigenvalue weighted by atomic mass is 35.5. The monoisotopic (exact) mass is 538 g/mol. The molecule has 0 spiro atoms. The molecule has 0 aliphatic carbocycles. The molecule has 13 heteroatoms. The minimum Gasteiger partial charge on any atom is -0.349 e. The van der Waals surface area contributed by atoms with Crippen molar-refractivity contribution in [2.24, 2.45) is 0 Å². The average Bonchev–Trinajstić information content (AvgIpc) is 3.20. The lowest BCUT2D eigenvalue weighted by molar-refractivity contribution is -0.124. The molecule has 4 rings (SSSR count).